The Morgan fingerprint density at radius 2 is 0.693 bits per heavy atom. The first kappa shape index (κ1) is 59.5. The molecule has 0 N–H and O–H groups in total. The summed E-state index contributed by atoms with van der Waals surface area (Å²) in [7, 11) is -3.10. The predicted molar refractivity (Wildman–Crippen MR) is 329 cm³/mol. The zero-order chi connectivity index (χ0) is 52.5. The van der Waals surface area contributed by atoms with Crippen LogP contribution >= 0.6 is 0 Å². The van der Waals surface area contributed by atoms with Crippen LogP contribution in [-0.4, -0.2) is 26.1 Å². The monoisotopic (exact) mass is 1080 g/mol. The first-order valence-corrected chi connectivity index (χ1v) is 36.1. The molecule has 0 radical (unpaired) electrons. The van der Waals surface area contributed by atoms with E-state index in [1.165, 1.54) is 114 Å². The Hall–Kier alpha value is -4.78. The van der Waals surface area contributed by atoms with Crippen molar-refractivity contribution in [2.75, 3.05) is 0 Å². The van der Waals surface area contributed by atoms with Gasteiger partial charge < -0.3 is 9.97 Å². The Labute approximate surface area is 469 Å². The number of aromatic nitrogens is 4. The molecular weight excluding hydrogens is 994 g/mol. The fraction of sp³-hybridized carbons (Fsp3) is 0.471. The summed E-state index contributed by atoms with van der Waals surface area (Å²) in [6, 6.07) is 26.8. The van der Waals surface area contributed by atoms with Gasteiger partial charge in [0.1, 0.15) is 16.1 Å². The quantitative estimate of drug-likeness (QED) is 0.0344. The van der Waals surface area contributed by atoms with Crippen LogP contribution in [0.15, 0.2) is 72.8 Å². The van der Waals surface area contributed by atoms with E-state index in [2.05, 4.69) is 187 Å². The van der Waals surface area contributed by atoms with Gasteiger partial charge in [-0.15, -0.1) is 33.2 Å². The van der Waals surface area contributed by atoms with Gasteiger partial charge in [-0.1, -0.05) is 230 Å². The maximum Gasteiger partial charge on any atom is 2.00 e. The molecule has 0 saturated heterocycles. The van der Waals surface area contributed by atoms with E-state index in [0.29, 0.717) is 11.8 Å². The van der Waals surface area contributed by atoms with Crippen molar-refractivity contribution >= 4 is 62.5 Å². The molecule has 4 nitrogen and oxygen atoms in total. The number of unbranched alkanes of at least 4 members (excludes halogenated alkanes) is 12. The van der Waals surface area contributed by atoms with E-state index in [1.807, 2.05) is 0 Å². The Balaban J connectivity index is 0.00000914. The summed E-state index contributed by atoms with van der Waals surface area (Å²) in [5, 5.41) is 0. The summed E-state index contributed by atoms with van der Waals surface area (Å²) in [5.41, 5.74) is 24.0. The molecule has 8 bridgehead atoms. The van der Waals surface area contributed by atoms with Crippen molar-refractivity contribution in [3.8, 4) is 45.2 Å². The Morgan fingerprint density at radius 1 is 0.387 bits per heavy atom. The zero-order valence-corrected chi connectivity index (χ0v) is 53.0. The minimum absolute atomic E-state index is 0. The van der Waals surface area contributed by atoms with Gasteiger partial charge >= 0.3 is 19.5 Å². The van der Waals surface area contributed by atoms with E-state index in [-0.39, 0.29) is 19.5 Å². The Morgan fingerprint density at radius 3 is 1.00 bits per heavy atom. The number of nitrogens with zero attached hydrogens (tertiary/aromatic N) is 4. The van der Waals surface area contributed by atoms with Gasteiger partial charge in [-0.05, 0) is 119 Å². The molecule has 0 aliphatic carbocycles. The largest absolute Gasteiger partial charge is 2.00 e. The van der Waals surface area contributed by atoms with E-state index in [1.54, 1.807) is 0 Å². The third-order valence-corrected chi connectivity index (χ3v) is 16.4. The van der Waals surface area contributed by atoms with Gasteiger partial charge in [-0.2, -0.15) is 0 Å². The fourth-order valence-electron chi connectivity index (χ4n) is 10.7. The molecule has 7 heteroatoms. The summed E-state index contributed by atoms with van der Waals surface area (Å²) in [4.78, 5) is 23.0. The number of fused-ring (bicyclic) bond motifs is 8. The van der Waals surface area contributed by atoms with Gasteiger partial charge in [0, 0.05) is 11.1 Å². The summed E-state index contributed by atoms with van der Waals surface area (Å²) in [6.07, 6.45) is 33.3. The minimum atomic E-state index is -1.55. The van der Waals surface area contributed by atoms with Gasteiger partial charge in [0.25, 0.3) is 0 Å². The summed E-state index contributed by atoms with van der Waals surface area (Å²) in [5.74, 6) is 7.65. The van der Waals surface area contributed by atoms with Crippen LogP contribution in [0.2, 0.25) is 39.3 Å². The van der Waals surface area contributed by atoms with Crippen LogP contribution < -0.4 is 9.97 Å². The van der Waals surface area contributed by atoms with E-state index in [9.17, 15) is 0 Å². The molecule has 0 amide bonds. The van der Waals surface area contributed by atoms with E-state index in [4.69, 9.17) is 19.9 Å². The van der Waals surface area contributed by atoms with Crippen LogP contribution in [0.5, 0.6) is 0 Å². The number of rotatable bonds is 24. The number of hydrogen-bond acceptors (Lipinski definition) is 2. The van der Waals surface area contributed by atoms with Crippen molar-refractivity contribution in [3.05, 3.63) is 118 Å². The van der Waals surface area contributed by atoms with E-state index < -0.39 is 16.1 Å². The van der Waals surface area contributed by atoms with Crippen LogP contribution in [0.4, 0.5) is 0 Å². The normalized spacial score (nSPS) is 12.2. The van der Waals surface area contributed by atoms with Crippen molar-refractivity contribution in [3.63, 3.8) is 0 Å². The predicted octanol–water partition coefficient (Wildman–Crippen LogP) is 19.8. The molecule has 0 spiro atoms. The standard InChI is InChI=1S/C68H88N4Si2.Zn/c1-11-15-19-23-27-53(28-24-20-16-12-2)65-57-39-43-61(69-57)67(55-35-31-51(32-36-55)47-49-73(5,6)7)63-45-41-59(71-63)66(54(29-25-21-17-13-3)30-26-22-18-14-4)60-42-46-64(72-60)68(62-44-40-58(65)70-62)56-37-33-52(34-38-56)48-50-74(8,9)10;/h31-46,53-54H,11-30H2,1-10H3;/q-2;+2. The third kappa shape index (κ3) is 17.1. The molecule has 7 rings (SSSR count). The molecule has 3 aromatic heterocycles. The van der Waals surface area contributed by atoms with Crippen LogP contribution in [0.3, 0.4) is 0 Å². The van der Waals surface area contributed by atoms with Gasteiger partial charge in [-0.25, -0.2) is 9.97 Å². The molecule has 0 fully saturated rings. The third-order valence-electron chi connectivity index (χ3n) is 14.6. The van der Waals surface area contributed by atoms with Crippen molar-refractivity contribution in [2.24, 2.45) is 0 Å². The smallest absolute Gasteiger partial charge is 0.657 e. The molecule has 0 saturated carbocycles. The van der Waals surface area contributed by atoms with Gasteiger partial charge in [-0.3, -0.25) is 0 Å². The van der Waals surface area contributed by atoms with Crippen molar-refractivity contribution in [1.29, 1.82) is 0 Å². The second-order valence-electron chi connectivity index (χ2n) is 23.4. The molecular formula is C68H88N4Si2Zn. The molecule has 2 aromatic carbocycles. The number of benzene rings is 2. The number of hydrogen-bond donors (Lipinski definition) is 0. The molecule has 0 unspecified atom stereocenters. The second-order valence-corrected chi connectivity index (χ2v) is 32.9. The average molecular weight is 1080 g/mol. The molecule has 0 atom stereocenters. The SMILES string of the molecule is CCCCCCC(CCCCCC)c1c2nc(c(-c3ccc(C#C[Si](C)(C)C)cc3)c3ccc([n-]3)c(C(CCCCCC)CCCCCC)c3nc(c(-c4ccc(C#C[Si](C)(C)C)cc4)c4ccc1[n-]4)C=C3)C=C2.[Zn+2]. The van der Waals surface area contributed by atoms with E-state index >= 15 is 0 Å². The Kier molecular flexibility index (Phi) is 23.1. The summed E-state index contributed by atoms with van der Waals surface area (Å²) >= 11 is 0. The van der Waals surface area contributed by atoms with Gasteiger partial charge in [0.05, 0.1) is 22.8 Å². The summed E-state index contributed by atoms with van der Waals surface area (Å²) in [6.45, 7) is 23.1. The molecule has 75 heavy (non-hydrogen) atoms. The average Bonchev–Trinajstić information content (AvgIpc) is 4.24. The van der Waals surface area contributed by atoms with Gasteiger partial charge in [0.2, 0.25) is 0 Å². The van der Waals surface area contributed by atoms with E-state index in [0.717, 1.165) is 104 Å². The maximum absolute atomic E-state index is 5.74. The molecule has 2 aliphatic rings. The zero-order valence-electron chi connectivity index (χ0n) is 48.0. The first-order valence-electron chi connectivity index (χ1n) is 29.1. The first-order chi connectivity index (χ1) is 35.8. The molecule has 5 heterocycles. The Bertz CT molecular complexity index is 2760. The van der Waals surface area contributed by atoms with Crippen molar-refractivity contribution in [2.45, 2.75) is 207 Å². The molecule has 2 aliphatic heterocycles. The minimum Gasteiger partial charge on any atom is -0.657 e. The van der Waals surface area contributed by atoms with Crippen LogP contribution in [0.25, 0.3) is 68.6 Å². The van der Waals surface area contributed by atoms with Crippen molar-refractivity contribution in [1.82, 2.24) is 19.9 Å². The topological polar surface area (TPSA) is 54.0 Å². The van der Waals surface area contributed by atoms with Gasteiger partial charge in [0.15, 0.2) is 0 Å². The van der Waals surface area contributed by atoms with Crippen LogP contribution in [0, 0.1) is 22.9 Å². The summed E-state index contributed by atoms with van der Waals surface area (Å²) < 4.78 is 0. The maximum atomic E-state index is 5.74. The van der Waals surface area contributed by atoms with Crippen LogP contribution in [-0.2, 0) is 19.5 Å². The molecule has 5 aromatic rings. The fourth-order valence-corrected chi connectivity index (χ4v) is 11.7. The molecule has 390 valence electrons. The van der Waals surface area contributed by atoms with Crippen LogP contribution in [0.1, 0.15) is 213 Å². The van der Waals surface area contributed by atoms with Crippen molar-refractivity contribution < 1.29 is 19.5 Å². The second kappa shape index (κ2) is 29.1.